The molecule has 2 rings (SSSR count). The van der Waals surface area contributed by atoms with Gasteiger partial charge in [-0.1, -0.05) is 6.92 Å². The first-order valence-electron chi connectivity index (χ1n) is 4.93. The molecule has 0 atom stereocenters. The third-order valence-electron chi connectivity index (χ3n) is 2.43. The number of fused-ring (bicyclic) bond motifs is 1. The van der Waals surface area contributed by atoms with E-state index in [0.29, 0.717) is 0 Å². The van der Waals surface area contributed by atoms with Gasteiger partial charge >= 0.3 is 0 Å². The Hall–Kier alpha value is -1.44. The molecule has 0 radical (unpaired) electrons. The van der Waals surface area contributed by atoms with Crippen molar-refractivity contribution in [3.8, 4) is 0 Å². The first-order valence-corrected chi connectivity index (χ1v) is 4.93. The summed E-state index contributed by atoms with van der Waals surface area (Å²) >= 11 is 0. The molecule has 0 unspecified atom stereocenters. The Labute approximate surface area is 84.0 Å². The van der Waals surface area contributed by atoms with Crippen LogP contribution < -0.4 is 0 Å². The van der Waals surface area contributed by atoms with E-state index in [-0.39, 0.29) is 0 Å². The summed E-state index contributed by atoms with van der Waals surface area (Å²) in [4.78, 5) is 8.72. The third kappa shape index (κ3) is 1.48. The number of nitrogens with zero attached hydrogens (tertiary/aromatic N) is 2. The summed E-state index contributed by atoms with van der Waals surface area (Å²) in [5.74, 6) is 0. The number of aromatic nitrogens is 2. The molecule has 2 aromatic heterocycles. The van der Waals surface area contributed by atoms with E-state index in [1.165, 1.54) is 10.9 Å². The first-order chi connectivity index (χ1) is 6.70. The smallest absolute Gasteiger partial charge is 0.0891 e. The largest absolute Gasteiger partial charge is 0.259 e. The molecule has 0 amide bonds. The molecule has 2 aromatic rings. The minimum absolute atomic E-state index is 1.01. The summed E-state index contributed by atoms with van der Waals surface area (Å²) in [6.07, 6.45) is 2.90. The molecule has 0 saturated heterocycles. The molecule has 0 aromatic carbocycles. The quantitative estimate of drug-likeness (QED) is 0.684. The maximum atomic E-state index is 4.46. The molecule has 72 valence electrons. The Morgan fingerprint density at radius 3 is 2.64 bits per heavy atom. The topological polar surface area (TPSA) is 25.8 Å². The van der Waals surface area contributed by atoms with Crippen LogP contribution in [-0.2, 0) is 6.42 Å². The van der Waals surface area contributed by atoms with Crippen molar-refractivity contribution in [1.29, 1.82) is 0 Å². The predicted octanol–water partition coefficient (Wildman–Crippen LogP) is 2.81. The molecule has 2 heterocycles. The molecule has 0 fully saturated rings. The maximum Gasteiger partial charge on any atom is 0.0891 e. The van der Waals surface area contributed by atoms with Crippen molar-refractivity contribution in [2.24, 2.45) is 0 Å². The van der Waals surface area contributed by atoms with Gasteiger partial charge in [-0.05, 0) is 38.0 Å². The van der Waals surface area contributed by atoms with Gasteiger partial charge in [0.2, 0.25) is 0 Å². The molecule has 0 spiro atoms. The second-order valence-corrected chi connectivity index (χ2v) is 3.62. The molecular weight excluding hydrogens is 172 g/mol. The lowest BCUT2D eigenvalue weighted by Gasteiger charge is -2.05. The van der Waals surface area contributed by atoms with Gasteiger partial charge in [-0.25, -0.2) is 0 Å². The summed E-state index contributed by atoms with van der Waals surface area (Å²) in [5, 5.41) is 1.24. The van der Waals surface area contributed by atoms with E-state index < -0.39 is 0 Å². The predicted molar refractivity (Wildman–Crippen MR) is 58.4 cm³/mol. The van der Waals surface area contributed by atoms with Gasteiger partial charge in [0, 0.05) is 16.8 Å². The fraction of sp³-hybridized carbons (Fsp3) is 0.333. The Bertz CT molecular complexity index is 475. The molecule has 0 bridgehead atoms. The molecule has 0 saturated carbocycles. The van der Waals surface area contributed by atoms with Crippen LogP contribution in [0.25, 0.3) is 10.9 Å². The van der Waals surface area contributed by atoms with Gasteiger partial charge in [-0.3, -0.25) is 9.97 Å². The standard InChI is InChI=1S/C12H14N2/c1-4-10-5-9(3)14-12-7-13-8(2)6-11(10)12/h5-7H,4H2,1-3H3. The van der Waals surface area contributed by atoms with Crippen LogP contribution in [0.2, 0.25) is 0 Å². The van der Waals surface area contributed by atoms with Gasteiger partial charge in [0.1, 0.15) is 0 Å². The third-order valence-corrected chi connectivity index (χ3v) is 2.43. The van der Waals surface area contributed by atoms with Crippen LogP contribution in [0, 0.1) is 13.8 Å². The highest BCUT2D eigenvalue weighted by molar-refractivity contribution is 5.81. The summed E-state index contributed by atoms with van der Waals surface area (Å²) in [6, 6.07) is 4.27. The zero-order valence-corrected chi connectivity index (χ0v) is 8.83. The van der Waals surface area contributed by atoms with E-state index in [0.717, 1.165) is 23.3 Å². The molecule has 2 heteroatoms. The minimum atomic E-state index is 1.01. The molecule has 2 nitrogen and oxygen atoms in total. The van der Waals surface area contributed by atoms with E-state index in [2.05, 4.69) is 29.0 Å². The molecular formula is C12H14N2. The number of pyridine rings is 2. The lowest BCUT2D eigenvalue weighted by Crippen LogP contribution is -1.92. The van der Waals surface area contributed by atoms with Crippen LogP contribution in [0.15, 0.2) is 18.3 Å². The van der Waals surface area contributed by atoms with Crippen molar-refractivity contribution in [3.05, 3.63) is 35.3 Å². The Morgan fingerprint density at radius 1 is 1.14 bits per heavy atom. The van der Waals surface area contributed by atoms with Crippen molar-refractivity contribution < 1.29 is 0 Å². The van der Waals surface area contributed by atoms with E-state index in [1.807, 2.05) is 20.0 Å². The van der Waals surface area contributed by atoms with Gasteiger partial charge in [0.15, 0.2) is 0 Å². The first kappa shape index (κ1) is 9.13. The lowest BCUT2D eigenvalue weighted by atomic mass is 10.1. The number of rotatable bonds is 1. The second kappa shape index (κ2) is 3.37. The normalized spacial score (nSPS) is 10.8. The minimum Gasteiger partial charge on any atom is -0.259 e. The summed E-state index contributed by atoms with van der Waals surface area (Å²) in [5.41, 5.74) is 4.49. The van der Waals surface area contributed by atoms with Crippen LogP contribution in [0.4, 0.5) is 0 Å². The maximum absolute atomic E-state index is 4.46. The highest BCUT2D eigenvalue weighted by atomic mass is 14.7. The van der Waals surface area contributed by atoms with E-state index in [1.54, 1.807) is 0 Å². The van der Waals surface area contributed by atoms with Gasteiger partial charge in [0.25, 0.3) is 0 Å². The average molecular weight is 186 g/mol. The van der Waals surface area contributed by atoms with Crippen molar-refractivity contribution >= 4 is 10.9 Å². The van der Waals surface area contributed by atoms with Crippen molar-refractivity contribution in [2.45, 2.75) is 27.2 Å². The van der Waals surface area contributed by atoms with Crippen LogP contribution >= 0.6 is 0 Å². The van der Waals surface area contributed by atoms with Gasteiger partial charge < -0.3 is 0 Å². The fourth-order valence-electron chi connectivity index (χ4n) is 1.74. The van der Waals surface area contributed by atoms with Crippen LogP contribution in [0.5, 0.6) is 0 Å². The van der Waals surface area contributed by atoms with Crippen molar-refractivity contribution in [2.75, 3.05) is 0 Å². The lowest BCUT2D eigenvalue weighted by molar-refractivity contribution is 1.11. The second-order valence-electron chi connectivity index (χ2n) is 3.62. The monoisotopic (exact) mass is 186 g/mol. The zero-order valence-electron chi connectivity index (χ0n) is 8.83. The van der Waals surface area contributed by atoms with E-state index >= 15 is 0 Å². The highest BCUT2D eigenvalue weighted by Gasteiger charge is 2.02. The van der Waals surface area contributed by atoms with Crippen LogP contribution in [0.1, 0.15) is 23.9 Å². The van der Waals surface area contributed by atoms with Crippen LogP contribution in [-0.4, -0.2) is 9.97 Å². The van der Waals surface area contributed by atoms with E-state index in [4.69, 9.17) is 0 Å². The van der Waals surface area contributed by atoms with Crippen molar-refractivity contribution in [1.82, 2.24) is 9.97 Å². The Morgan fingerprint density at radius 2 is 1.93 bits per heavy atom. The molecule has 0 aliphatic heterocycles. The molecule has 0 aliphatic carbocycles. The van der Waals surface area contributed by atoms with E-state index in [9.17, 15) is 0 Å². The number of aryl methyl sites for hydroxylation is 3. The summed E-state index contributed by atoms with van der Waals surface area (Å²) < 4.78 is 0. The van der Waals surface area contributed by atoms with Crippen LogP contribution in [0.3, 0.4) is 0 Å². The van der Waals surface area contributed by atoms with Crippen molar-refractivity contribution in [3.63, 3.8) is 0 Å². The Balaban J connectivity index is 2.81. The highest BCUT2D eigenvalue weighted by Crippen LogP contribution is 2.18. The Kier molecular flexibility index (Phi) is 2.20. The summed E-state index contributed by atoms with van der Waals surface area (Å²) in [7, 11) is 0. The molecule has 14 heavy (non-hydrogen) atoms. The molecule has 0 N–H and O–H groups in total. The van der Waals surface area contributed by atoms with Gasteiger partial charge in [-0.2, -0.15) is 0 Å². The van der Waals surface area contributed by atoms with Gasteiger partial charge in [0.05, 0.1) is 11.7 Å². The SMILES string of the molecule is CCc1cc(C)nc2cnc(C)cc12. The van der Waals surface area contributed by atoms with Gasteiger partial charge in [-0.15, -0.1) is 0 Å². The number of hydrogen-bond donors (Lipinski definition) is 0. The zero-order chi connectivity index (χ0) is 10.1. The molecule has 0 aliphatic rings. The number of hydrogen-bond acceptors (Lipinski definition) is 2. The average Bonchev–Trinajstić information content (AvgIpc) is 2.17. The fourth-order valence-corrected chi connectivity index (χ4v) is 1.74. The summed E-state index contributed by atoms with van der Waals surface area (Å²) in [6.45, 7) is 6.21.